The number of methoxy groups -OCH3 is 1. The Bertz CT molecular complexity index is 734. The molecule has 3 atom stereocenters. The summed E-state index contributed by atoms with van der Waals surface area (Å²) in [5.41, 5.74) is 2.72. The van der Waals surface area contributed by atoms with Gasteiger partial charge in [0.25, 0.3) is 0 Å². The molecule has 6 heteroatoms. The lowest BCUT2D eigenvalue weighted by molar-refractivity contribution is 0.0221. The highest BCUT2D eigenvalue weighted by atomic mass is 32.2. The Balaban J connectivity index is 1.68. The van der Waals surface area contributed by atoms with Crippen LogP contribution in [0.2, 0.25) is 0 Å². The molecule has 0 saturated carbocycles. The molecule has 3 heterocycles. The van der Waals surface area contributed by atoms with Crippen molar-refractivity contribution in [3.8, 4) is 5.75 Å². The summed E-state index contributed by atoms with van der Waals surface area (Å²) < 4.78 is 31.7. The average Bonchev–Trinajstić information content (AvgIpc) is 2.58. The van der Waals surface area contributed by atoms with Crippen LogP contribution in [0.25, 0.3) is 0 Å². The van der Waals surface area contributed by atoms with E-state index in [1.54, 1.807) is 11.4 Å². The smallest absolute Gasteiger partial charge is 0.211 e. The Morgan fingerprint density at radius 2 is 2.08 bits per heavy atom. The van der Waals surface area contributed by atoms with Crippen molar-refractivity contribution in [1.82, 2.24) is 9.21 Å². The summed E-state index contributed by atoms with van der Waals surface area (Å²) in [7, 11) is -1.43. The summed E-state index contributed by atoms with van der Waals surface area (Å²) in [5, 5.41) is 0. The summed E-state index contributed by atoms with van der Waals surface area (Å²) in [6, 6.07) is 6.82. The molecule has 0 unspecified atom stereocenters. The fraction of sp³-hybridized carbons (Fsp3) is 0.667. The molecule has 0 spiro atoms. The first-order valence-corrected chi connectivity index (χ1v) is 10.7. The lowest BCUT2D eigenvalue weighted by Crippen LogP contribution is -2.57. The van der Waals surface area contributed by atoms with Gasteiger partial charge in [-0.3, -0.25) is 4.90 Å². The van der Waals surface area contributed by atoms with Crippen molar-refractivity contribution in [3.05, 3.63) is 29.3 Å². The number of sulfonamides is 1. The van der Waals surface area contributed by atoms with Gasteiger partial charge < -0.3 is 4.74 Å². The molecule has 0 amide bonds. The van der Waals surface area contributed by atoms with Crippen LogP contribution in [-0.2, 0) is 16.4 Å². The van der Waals surface area contributed by atoms with E-state index in [1.807, 2.05) is 6.07 Å². The molecule has 0 bridgehead atoms. The van der Waals surface area contributed by atoms with Crippen molar-refractivity contribution in [2.45, 2.75) is 37.8 Å². The van der Waals surface area contributed by atoms with Crippen molar-refractivity contribution in [2.24, 2.45) is 5.92 Å². The van der Waals surface area contributed by atoms with E-state index in [0.29, 0.717) is 18.5 Å². The second-order valence-electron chi connectivity index (χ2n) is 7.40. The third kappa shape index (κ3) is 2.74. The maximum absolute atomic E-state index is 12.2. The van der Waals surface area contributed by atoms with E-state index in [-0.39, 0.29) is 6.04 Å². The van der Waals surface area contributed by atoms with Crippen molar-refractivity contribution >= 4 is 10.0 Å². The molecular weight excluding hydrogens is 324 g/mol. The Morgan fingerprint density at radius 1 is 1.25 bits per heavy atom. The minimum Gasteiger partial charge on any atom is -0.497 e. The third-order valence-electron chi connectivity index (χ3n) is 6.05. The van der Waals surface area contributed by atoms with Gasteiger partial charge in [-0.15, -0.1) is 0 Å². The fourth-order valence-corrected chi connectivity index (χ4v) is 6.13. The van der Waals surface area contributed by atoms with Gasteiger partial charge in [-0.05, 0) is 54.9 Å². The summed E-state index contributed by atoms with van der Waals surface area (Å²) >= 11 is 0. The molecule has 0 aromatic heterocycles. The van der Waals surface area contributed by atoms with Crippen LogP contribution in [0.4, 0.5) is 0 Å². The van der Waals surface area contributed by atoms with Gasteiger partial charge in [-0.1, -0.05) is 6.07 Å². The molecule has 1 aromatic rings. The quantitative estimate of drug-likeness (QED) is 0.819. The number of rotatable bonds is 2. The van der Waals surface area contributed by atoms with Gasteiger partial charge in [-0.25, -0.2) is 8.42 Å². The number of hydrogen-bond donors (Lipinski definition) is 0. The van der Waals surface area contributed by atoms with E-state index in [1.165, 1.54) is 17.4 Å². The van der Waals surface area contributed by atoms with Gasteiger partial charge in [0.05, 0.1) is 13.4 Å². The van der Waals surface area contributed by atoms with Crippen molar-refractivity contribution in [1.29, 1.82) is 0 Å². The zero-order chi connectivity index (χ0) is 16.9. The first kappa shape index (κ1) is 16.4. The maximum Gasteiger partial charge on any atom is 0.211 e. The normalized spacial score (nSPS) is 31.0. The zero-order valence-electron chi connectivity index (χ0n) is 14.4. The molecule has 132 valence electrons. The fourth-order valence-electron chi connectivity index (χ4n) is 4.92. The lowest BCUT2D eigenvalue weighted by Gasteiger charge is -2.51. The second kappa shape index (κ2) is 6.00. The van der Waals surface area contributed by atoms with Gasteiger partial charge in [0, 0.05) is 31.7 Å². The zero-order valence-corrected chi connectivity index (χ0v) is 15.3. The Hall–Kier alpha value is -1.11. The lowest BCUT2D eigenvalue weighted by atomic mass is 9.77. The van der Waals surface area contributed by atoms with Gasteiger partial charge in [0.15, 0.2) is 0 Å². The standard InChI is InChI=1S/C18H26N2O3S/c1-23-15-6-5-13-7-9-19-12-14-4-3-8-20(24(2,21)22)17(14)11-18(19)16(13)10-15/h5-6,10,14,17-18H,3-4,7-9,11-12H2,1-2H3/t14-,17+,18-/m1/s1. The van der Waals surface area contributed by atoms with Crippen LogP contribution >= 0.6 is 0 Å². The molecule has 5 nitrogen and oxygen atoms in total. The highest BCUT2D eigenvalue weighted by molar-refractivity contribution is 7.88. The predicted octanol–water partition coefficient (Wildman–Crippen LogP) is 2.04. The van der Waals surface area contributed by atoms with Crippen molar-refractivity contribution < 1.29 is 13.2 Å². The number of fused-ring (bicyclic) bond motifs is 4. The van der Waals surface area contributed by atoms with E-state index in [2.05, 4.69) is 17.0 Å². The molecule has 24 heavy (non-hydrogen) atoms. The topological polar surface area (TPSA) is 49.9 Å². The van der Waals surface area contributed by atoms with E-state index < -0.39 is 10.0 Å². The molecule has 3 aliphatic heterocycles. The summed E-state index contributed by atoms with van der Waals surface area (Å²) in [6.45, 7) is 2.77. The SMILES string of the molecule is COc1ccc2c(c1)[C@H]1C[C@H]3[C@H](CCCN3S(C)(=O)=O)CN1CC2. The highest BCUT2D eigenvalue weighted by Gasteiger charge is 2.44. The Kier molecular flexibility index (Phi) is 4.09. The van der Waals surface area contributed by atoms with Gasteiger partial charge in [-0.2, -0.15) is 4.31 Å². The van der Waals surface area contributed by atoms with E-state index >= 15 is 0 Å². The Morgan fingerprint density at radius 3 is 2.83 bits per heavy atom. The molecule has 0 N–H and O–H groups in total. The minimum atomic E-state index is -3.13. The van der Waals surface area contributed by atoms with Gasteiger partial charge >= 0.3 is 0 Å². The Labute approximate surface area is 144 Å². The van der Waals surface area contributed by atoms with Gasteiger partial charge in [0.1, 0.15) is 5.75 Å². The average molecular weight is 350 g/mol. The van der Waals surface area contributed by atoms with Crippen LogP contribution < -0.4 is 4.74 Å². The molecule has 2 saturated heterocycles. The van der Waals surface area contributed by atoms with E-state index in [0.717, 1.165) is 44.5 Å². The molecule has 4 rings (SSSR count). The largest absolute Gasteiger partial charge is 0.497 e. The second-order valence-corrected chi connectivity index (χ2v) is 9.34. The summed E-state index contributed by atoms with van der Waals surface area (Å²) in [5.74, 6) is 1.36. The number of hydrogen-bond acceptors (Lipinski definition) is 4. The van der Waals surface area contributed by atoms with Crippen LogP contribution in [0.5, 0.6) is 5.75 Å². The summed E-state index contributed by atoms with van der Waals surface area (Å²) in [6.07, 6.45) is 5.46. The summed E-state index contributed by atoms with van der Waals surface area (Å²) in [4.78, 5) is 2.56. The maximum atomic E-state index is 12.2. The van der Waals surface area contributed by atoms with Crippen LogP contribution in [0.3, 0.4) is 0 Å². The molecular formula is C18H26N2O3S. The first-order valence-electron chi connectivity index (χ1n) is 8.85. The number of ether oxygens (including phenoxy) is 1. The van der Waals surface area contributed by atoms with Crippen LogP contribution in [-0.4, -0.2) is 56.7 Å². The van der Waals surface area contributed by atoms with Crippen molar-refractivity contribution in [2.75, 3.05) is 33.0 Å². The predicted molar refractivity (Wildman–Crippen MR) is 93.7 cm³/mol. The van der Waals surface area contributed by atoms with Crippen LogP contribution in [0.1, 0.15) is 36.4 Å². The molecule has 0 aliphatic carbocycles. The molecule has 2 fully saturated rings. The number of nitrogens with zero attached hydrogens (tertiary/aromatic N) is 2. The third-order valence-corrected chi connectivity index (χ3v) is 7.35. The number of piperidine rings is 2. The molecule has 3 aliphatic rings. The van der Waals surface area contributed by atoms with Gasteiger partial charge in [0.2, 0.25) is 10.0 Å². The number of benzene rings is 1. The van der Waals surface area contributed by atoms with E-state index in [4.69, 9.17) is 4.74 Å². The van der Waals surface area contributed by atoms with Crippen molar-refractivity contribution in [3.63, 3.8) is 0 Å². The first-order chi connectivity index (χ1) is 11.5. The monoisotopic (exact) mass is 350 g/mol. The molecule has 1 aromatic carbocycles. The molecule has 0 radical (unpaired) electrons. The van der Waals surface area contributed by atoms with E-state index in [9.17, 15) is 8.42 Å². The van der Waals surface area contributed by atoms with Crippen LogP contribution in [0.15, 0.2) is 18.2 Å². The van der Waals surface area contributed by atoms with Crippen LogP contribution in [0, 0.1) is 5.92 Å². The highest BCUT2D eigenvalue weighted by Crippen LogP contribution is 2.44. The minimum absolute atomic E-state index is 0.146.